The summed E-state index contributed by atoms with van der Waals surface area (Å²) in [4.78, 5) is 0. The molecule has 3 rings (SSSR count). The lowest BCUT2D eigenvalue weighted by molar-refractivity contribution is 0.0204. The molecule has 7 heteroatoms. The minimum absolute atomic E-state index is 0.117. The van der Waals surface area contributed by atoms with E-state index < -0.39 is 38.0 Å². The molecule has 2 saturated carbocycles. The predicted octanol–water partition coefficient (Wildman–Crippen LogP) is 6.66. The number of halogens is 2. The first-order valence-corrected chi connectivity index (χ1v) is 14.6. The molecule has 0 spiro atoms. The van der Waals surface area contributed by atoms with Gasteiger partial charge in [-0.1, -0.05) is 49.8 Å². The van der Waals surface area contributed by atoms with E-state index in [0.29, 0.717) is 12.0 Å². The van der Waals surface area contributed by atoms with E-state index in [-0.39, 0.29) is 30.1 Å². The van der Waals surface area contributed by atoms with Gasteiger partial charge in [-0.05, 0) is 94.6 Å². The maximum absolute atomic E-state index is 14.8. The van der Waals surface area contributed by atoms with E-state index >= 15 is 0 Å². The third-order valence-corrected chi connectivity index (χ3v) is 11.4. The quantitative estimate of drug-likeness (QED) is 0.380. The van der Waals surface area contributed by atoms with E-state index in [1.54, 1.807) is 6.92 Å². The van der Waals surface area contributed by atoms with Crippen molar-refractivity contribution in [1.82, 2.24) is 0 Å². The number of alkyl halides is 2. The first-order chi connectivity index (χ1) is 16.3. The molecule has 204 valence electrons. The predicted molar refractivity (Wildman–Crippen MR) is 141 cm³/mol. The summed E-state index contributed by atoms with van der Waals surface area (Å²) in [6.07, 6.45) is 9.61. The highest BCUT2D eigenvalue weighted by Crippen LogP contribution is 2.57. The third-order valence-electron chi connectivity index (χ3n) is 8.83. The molecule has 0 radical (unpaired) electrons. The summed E-state index contributed by atoms with van der Waals surface area (Å²) in [6.45, 7) is 13.9. The topological polar surface area (TPSA) is 74.6 Å². The van der Waals surface area contributed by atoms with Gasteiger partial charge in [0.25, 0.3) is 0 Å². The SMILES string of the molecule is C=C1/C(=C\C=C2/CCCC3(C)C([C@H](C)CCC(F)(F)S(=O)(=O)C(C)(C)C)=CC[C@@H]23)CC(O)C[C@]1(C)O. The van der Waals surface area contributed by atoms with E-state index in [1.165, 1.54) is 26.3 Å². The molecule has 0 bridgehead atoms. The van der Waals surface area contributed by atoms with Gasteiger partial charge in [-0.3, -0.25) is 0 Å². The average Bonchev–Trinajstić information content (AvgIpc) is 3.10. The van der Waals surface area contributed by atoms with Gasteiger partial charge >= 0.3 is 5.25 Å². The van der Waals surface area contributed by atoms with Gasteiger partial charge in [-0.25, -0.2) is 8.42 Å². The van der Waals surface area contributed by atoms with Crippen molar-refractivity contribution in [3.8, 4) is 0 Å². The molecule has 0 amide bonds. The van der Waals surface area contributed by atoms with Crippen LogP contribution in [0.4, 0.5) is 8.78 Å². The van der Waals surface area contributed by atoms with Crippen LogP contribution in [0.2, 0.25) is 0 Å². The molecule has 36 heavy (non-hydrogen) atoms. The van der Waals surface area contributed by atoms with Crippen molar-refractivity contribution >= 4 is 9.84 Å². The number of rotatable bonds is 6. The van der Waals surface area contributed by atoms with Crippen molar-refractivity contribution in [3.05, 3.63) is 47.1 Å². The van der Waals surface area contributed by atoms with E-state index in [9.17, 15) is 27.4 Å². The standard InChI is InChI=1S/C29H44F2O4S/c1-19(14-16-29(30,31)36(34,35)26(3,4)5)24-12-13-25-21(9-8-15-27(24,25)6)10-11-22-17-23(32)18-28(7,33)20(22)2/h10-12,19,23,25,32-33H,2,8-9,13-18H2,1,3-7H3/b21-10+,22-11-/t19-,23?,25+,27?,28+/m1/s1. The molecule has 0 aliphatic heterocycles. The van der Waals surface area contributed by atoms with Crippen LogP contribution in [0.15, 0.2) is 47.1 Å². The molecule has 0 heterocycles. The molecule has 2 N–H and O–H groups in total. The second-order valence-electron chi connectivity index (χ2n) is 12.7. The second kappa shape index (κ2) is 9.77. The van der Waals surface area contributed by atoms with Crippen LogP contribution in [0.5, 0.6) is 0 Å². The van der Waals surface area contributed by atoms with E-state index in [1.807, 2.05) is 13.0 Å². The zero-order valence-corrected chi connectivity index (χ0v) is 23.5. The van der Waals surface area contributed by atoms with Gasteiger partial charge in [-0.2, -0.15) is 8.78 Å². The van der Waals surface area contributed by atoms with Crippen molar-refractivity contribution < 1.29 is 27.4 Å². The summed E-state index contributed by atoms with van der Waals surface area (Å²) in [5.41, 5.74) is 2.70. The van der Waals surface area contributed by atoms with E-state index in [0.717, 1.165) is 36.8 Å². The van der Waals surface area contributed by atoms with Crippen LogP contribution in [0.25, 0.3) is 0 Å². The first-order valence-electron chi connectivity index (χ1n) is 13.2. The number of hydrogen-bond donors (Lipinski definition) is 2. The van der Waals surface area contributed by atoms with Crippen molar-refractivity contribution in [2.45, 2.75) is 115 Å². The molecule has 3 aliphatic rings. The van der Waals surface area contributed by atoms with Crippen LogP contribution in [0, 0.1) is 17.3 Å². The Morgan fingerprint density at radius 2 is 1.89 bits per heavy atom. The monoisotopic (exact) mass is 526 g/mol. The van der Waals surface area contributed by atoms with E-state index in [2.05, 4.69) is 25.7 Å². The molecule has 0 aromatic heterocycles. The maximum Gasteiger partial charge on any atom is 0.346 e. The van der Waals surface area contributed by atoms with Gasteiger partial charge in [0.05, 0.1) is 16.5 Å². The zero-order chi connectivity index (χ0) is 27.3. The molecule has 3 aliphatic carbocycles. The van der Waals surface area contributed by atoms with Crippen molar-refractivity contribution in [1.29, 1.82) is 0 Å². The van der Waals surface area contributed by atoms with Crippen molar-refractivity contribution in [3.63, 3.8) is 0 Å². The lowest BCUT2D eigenvalue weighted by Gasteiger charge is -2.43. The fraction of sp³-hybridized carbons (Fsp3) is 0.724. The fourth-order valence-electron chi connectivity index (χ4n) is 6.49. The molecule has 5 atom stereocenters. The zero-order valence-electron chi connectivity index (χ0n) is 22.7. The largest absolute Gasteiger partial charge is 0.393 e. The Hall–Kier alpha value is -1.31. The molecule has 2 fully saturated rings. The Balaban J connectivity index is 1.76. The highest BCUT2D eigenvalue weighted by atomic mass is 32.2. The summed E-state index contributed by atoms with van der Waals surface area (Å²) in [6, 6.07) is 0. The number of hydrogen-bond acceptors (Lipinski definition) is 4. The van der Waals surface area contributed by atoms with E-state index in [4.69, 9.17) is 0 Å². The van der Waals surface area contributed by atoms with Crippen LogP contribution in [0.3, 0.4) is 0 Å². The number of aliphatic hydroxyl groups is 2. The molecular formula is C29H44F2O4S. The Morgan fingerprint density at radius 1 is 1.25 bits per heavy atom. The summed E-state index contributed by atoms with van der Waals surface area (Å²) < 4.78 is 52.8. The average molecular weight is 527 g/mol. The van der Waals surface area contributed by atoms with Crippen LogP contribution >= 0.6 is 0 Å². The summed E-state index contributed by atoms with van der Waals surface area (Å²) >= 11 is 0. The summed E-state index contributed by atoms with van der Waals surface area (Å²) in [5, 5.41) is 17.0. The number of aliphatic hydroxyl groups excluding tert-OH is 1. The summed E-state index contributed by atoms with van der Waals surface area (Å²) in [5.74, 6) is 0.128. The van der Waals surface area contributed by atoms with Crippen LogP contribution in [-0.4, -0.2) is 40.3 Å². The molecular weight excluding hydrogens is 482 g/mol. The highest BCUT2D eigenvalue weighted by molar-refractivity contribution is 7.93. The molecule has 0 saturated heterocycles. The fourth-order valence-corrected chi connectivity index (χ4v) is 7.77. The second-order valence-corrected chi connectivity index (χ2v) is 15.5. The van der Waals surface area contributed by atoms with Gasteiger partial charge < -0.3 is 10.2 Å². The van der Waals surface area contributed by atoms with Crippen LogP contribution < -0.4 is 0 Å². The number of fused-ring (bicyclic) bond motifs is 1. The lowest BCUT2D eigenvalue weighted by atomic mass is 9.62. The maximum atomic E-state index is 14.8. The molecule has 4 nitrogen and oxygen atoms in total. The van der Waals surface area contributed by atoms with Crippen LogP contribution in [-0.2, 0) is 9.84 Å². The minimum Gasteiger partial charge on any atom is -0.393 e. The minimum atomic E-state index is -4.59. The van der Waals surface area contributed by atoms with Gasteiger partial charge in [0.1, 0.15) is 0 Å². The third kappa shape index (κ3) is 5.30. The Bertz CT molecular complexity index is 1080. The van der Waals surface area contributed by atoms with Crippen molar-refractivity contribution in [2.24, 2.45) is 17.3 Å². The van der Waals surface area contributed by atoms with Crippen molar-refractivity contribution in [2.75, 3.05) is 0 Å². The van der Waals surface area contributed by atoms with Gasteiger partial charge in [0.15, 0.2) is 0 Å². The normalized spacial score (nSPS) is 35.2. The Labute approximate surface area is 216 Å². The smallest absolute Gasteiger partial charge is 0.346 e. The lowest BCUT2D eigenvalue weighted by Crippen LogP contribution is -2.42. The van der Waals surface area contributed by atoms with Crippen LogP contribution in [0.1, 0.15) is 92.9 Å². The first kappa shape index (κ1) is 29.2. The molecule has 2 unspecified atom stereocenters. The van der Waals surface area contributed by atoms with Gasteiger partial charge in [0, 0.05) is 12.8 Å². The molecule has 0 aromatic carbocycles. The molecule has 0 aromatic rings. The number of sulfone groups is 1. The number of allylic oxidation sites excluding steroid dienone is 5. The Morgan fingerprint density at radius 3 is 2.50 bits per heavy atom. The summed E-state index contributed by atoms with van der Waals surface area (Å²) in [7, 11) is -4.59. The van der Waals surface area contributed by atoms with Gasteiger partial charge in [0.2, 0.25) is 9.84 Å². The highest BCUT2D eigenvalue weighted by Gasteiger charge is 2.52. The Kier molecular flexibility index (Phi) is 7.94. The van der Waals surface area contributed by atoms with Gasteiger partial charge in [-0.15, -0.1) is 0 Å².